The molecule has 0 spiro atoms. The van der Waals surface area contributed by atoms with Gasteiger partial charge in [-0.3, -0.25) is 4.79 Å². The van der Waals surface area contributed by atoms with Crippen molar-refractivity contribution in [2.45, 2.75) is 13.0 Å². The molecule has 0 fully saturated rings. The van der Waals surface area contributed by atoms with Crippen LogP contribution in [0.15, 0.2) is 48.5 Å². The third-order valence-corrected chi connectivity index (χ3v) is 2.81. The van der Waals surface area contributed by atoms with Crippen LogP contribution in [0.3, 0.4) is 0 Å². The lowest BCUT2D eigenvalue weighted by atomic mass is 10.2. The average molecular weight is 291 g/mol. The van der Waals surface area contributed by atoms with Gasteiger partial charge in [0.1, 0.15) is 17.4 Å². The minimum absolute atomic E-state index is 0.165. The quantitative estimate of drug-likeness (QED) is 0.888. The van der Waals surface area contributed by atoms with Gasteiger partial charge in [-0.2, -0.15) is 0 Å². The molecule has 0 aliphatic heterocycles. The molecule has 0 aliphatic rings. The van der Waals surface area contributed by atoms with E-state index in [0.717, 1.165) is 5.56 Å². The van der Waals surface area contributed by atoms with Crippen molar-refractivity contribution in [2.75, 3.05) is 6.61 Å². The fourth-order valence-electron chi connectivity index (χ4n) is 1.68. The summed E-state index contributed by atoms with van der Waals surface area (Å²) in [6.07, 6.45) is 0.193. The topological polar surface area (TPSA) is 38.3 Å². The van der Waals surface area contributed by atoms with Crippen LogP contribution >= 0.6 is 0 Å². The Hall–Kier alpha value is -2.43. The van der Waals surface area contributed by atoms with E-state index in [1.54, 1.807) is 12.1 Å². The summed E-state index contributed by atoms with van der Waals surface area (Å²) in [6.45, 7) is 0.552. The Bertz CT molecular complexity index is 582. The van der Waals surface area contributed by atoms with Gasteiger partial charge in [0.25, 0.3) is 0 Å². The predicted octanol–water partition coefficient (Wildman–Crippen LogP) is 3.05. The zero-order valence-electron chi connectivity index (χ0n) is 11.3. The molecule has 0 aliphatic carbocycles. The Morgan fingerprint density at radius 2 is 1.52 bits per heavy atom. The Morgan fingerprint density at radius 1 is 0.952 bits per heavy atom. The van der Waals surface area contributed by atoms with Crippen LogP contribution in [0.5, 0.6) is 5.75 Å². The number of hydrogen-bond donors (Lipinski definition) is 1. The van der Waals surface area contributed by atoms with Gasteiger partial charge >= 0.3 is 0 Å². The molecular formula is C16H15F2NO2. The number of ether oxygens (including phenoxy) is 1. The second-order valence-electron chi connectivity index (χ2n) is 4.46. The molecule has 2 rings (SSSR count). The molecule has 0 heterocycles. The van der Waals surface area contributed by atoms with Gasteiger partial charge < -0.3 is 10.1 Å². The Balaban J connectivity index is 1.67. The predicted molar refractivity (Wildman–Crippen MR) is 74.8 cm³/mol. The van der Waals surface area contributed by atoms with Gasteiger partial charge in [0.05, 0.1) is 13.0 Å². The van der Waals surface area contributed by atoms with E-state index in [0.29, 0.717) is 12.3 Å². The highest BCUT2D eigenvalue weighted by atomic mass is 19.1. The summed E-state index contributed by atoms with van der Waals surface area (Å²) in [5.41, 5.74) is 0.823. The molecule has 1 N–H and O–H groups in total. The van der Waals surface area contributed by atoms with Crippen molar-refractivity contribution in [3.63, 3.8) is 0 Å². The van der Waals surface area contributed by atoms with Gasteiger partial charge in [0.2, 0.25) is 5.91 Å². The summed E-state index contributed by atoms with van der Waals surface area (Å²) in [5, 5.41) is 2.71. The van der Waals surface area contributed by atoms with Gasteiger partial charge in [0, 0.05) is 6.54 Å². The summed E-state index contributed by atoms with van der Waals surface area (Å²) < 4.78 is 30.7. The SMILES string of the molecule is O=C(CCOc1ccc(F)cc1)NCc1ccc(F)cc1. The molecule has 0 unspecified atom stereocenters. The molecule has 0 bridgehead atoms. The lowest BCUT2D eigenvalue weighted by molar-refractivity contribution is -0.121. The molecular weight excluding hydrogens is 276 g/mol. The number of amides is 1. The van der Waals surface area contributed by atoms with Gasteiger partial charge in [-0.25, -0.2) is 8.78 Å². The first-order valence-electron chi connectivity index (χ1n) is 6.53. The van der Waals surface area contributed by atoms with E-state index in [-0.39, 0.29) is 30.6 Å². The number of benzene rings is 2. The normalized spacial score (nSPS) is 10.2. The molecule has 2 aromatic rings. The van der Waals surface area contributed by atoms with Crippen LogP contribution in [0.25, 0.3) is 0 Å². The summed E-state index contributed by atoms with van der Waals surface area (Å²) in [4.78, 5) is 11.6. The number of hydrogen-bond acceptors (Lipinski definition) is 2. The van der Waals surface area contributed by atoms with E-state index < -0.39 is 0 Å². The summed E-state index contributed by atoms with van der Waals surface area (Å²) in [6, 6.07) is 11.5. The highest BCUT2D eigenvalue weighted by molar-refractivity contribution is 5.75. The molecule has 0 atom stereocenters. The van der Waals surface area contributed by atoms with Gasteiger partial charge in [-0.1, -0.05) is 12.1 Å². The molecule has 3 nitrogen and oxygen atoms in total. The minimum atomic E-state index is -0.334. The van der Waals surface area contributed by atoms with Crippen molar-refractivity contribution in [1.82, 2.24) is 5.32 Å². The number of nitrogens with one attached hydrogen (secondary N) is 1. The zero-order chi connectivity index (χ0) is 15.1. The molecule has 1 amide bonds. The van der Waals surface area contributed by atoms with Crippen molar-refractivity contribution in [2.24, 2.45) is 0 Å². The maximum atomic E-state index is 12.7. The first-order chi connectivity index (χ1) is 10.1. The smallest absolute Gasteiger partial charge is 0.223 e. The van der Waals surface area contributed by atoms with E-state index in [4.69, 9.17) is 4.74 Å². The van der Waals surface area contributed by atoms with Crippen LogP contribution < -0.4 is 10.1 Å². The molecule has 5 heteroatoms. The van der Waals surface area contributed by atoms with E-state index in [2.05, 4.69) is 5.32 Å². The van der Waals surface area contributed by atoms with Crippen molar-refractivity contribution in [3.05, 3.63) is 65.7 Å². The summed E-state index contributed by atoms with van der Waals surface area (Å²) in [5.74, 6) is -0.290. The van der Waals surface area contributed by atoms with Crippen molar-refractivity contribution in [3.8, 4) is 5.75 Å². The zero-order valence-corrected chi connectivity index (χ0v) is 11.3. The monoisotopic (exact) mass is 291 g/mol. The molecule has 110 valence electrons. The van der Waals surface area contributed by atoms with Gasteiger partial charge in [-0.15, -0.1) is 0 Å². The molecule has 0 aromatic heterocycles. The Morgan fingerprint density at radius 3 is 2.14 bits per heavy atom. The number of carbonyl (C=O) groups is 1. The third kappa shape index (κ3) is 5.22. The Labute approximate surface area is 121 Å². The summed E-state index contributed by atoms with van der Waals surface area (Å²) >= 11 is 0. The highest BCUT2D eigenvalue weighted by Gasteiger charge is 2.02. The van der Waals surface area contributed by atoms with E-state index in [1.807, 2.05) is 0 Å². The van der Waals surface area contributed by atoms with Crippen LogP contribution in [0.1, 0.15) is 12.0 Å². The van der Waals surface area contributed by atoms with E-state index >= 15 is 0 Å². The second-order valence-corrected chi connectivity index (χ2v) is 4.46. The largest absolute Gasteiger partial charge is 0.493 e. The minimum Gasteiger partial charge on any atom is -0.493 e. The molecule has 0 saturated carbocycles. The van der Waals surface area contributed by atoms with Crippen LogP contribution in [0.4, 0.5) is 8.78 Å². The number of halogens is 2. The number of rotatable bonds is 6. The van der Waals surface area contributed by atoms with E-state index in [9.17, 15) is 13.6 Å². The molecule has 0 saturated heterocycles. The maximum absolute atomic E-state index is 12.7. The molecule has 21 heavy (non-hydrogen) atoms. The van der Waals surface area contributed by atoms with Crippen LogP contribution in [-0.2, 0) is 11.3 Å². The lowest BCUT2D eigenvalue weighted by Gasteiger charge is -2.07. The second kappa shape index (κ2) is 7.38. The Kier molecular flexibility index (Phi) is 5.26. The van der Waals surface area contributed by atoms with Gasteiger partial charge in [-0.05, 0) is 42.0 Å². The fraction of sp³-hybridized carbons (Fsp3) is 0.188. The first kappa shape index (κ1) is 15.0. The van der Waals surface area contributed by atoms with Crippen LogP contribution in [0, 0.1) is 11.6 Å². The van der Waals surface area contributed by atoms with Crippen molar-refractivity contribution >= 4 is 5.91 Å². The van der Waals surface area contributed by atoms with Gasteiger partial charge in [0.15, 0.2) is 0 Å². The molecule has 0 radical (unpaired) electrons. The highest BCUT2D eigenvalue weighted by Crippen LogP contribution is 2.11. The average Bonchev–Trinajstić information content (AvgIpc) is 2.49. The molecule has 2 aromatic carbocycles. The van der Waals surface area contributed by atoms with Crippen molar-refractivity contribution < 1.29 is 18.3 Å². The number of carbonyl (C=O) groups excluding carboxylic acids is 1. The maximum Gasteiger partial charge on any atom is 0.223 e. The van der Waals surface area contributed by atoms with Crippen LogP contribution in [-0.4, -0.2) is 12.5 Å². The first-order valence-corrected chi connectivity index (χ1v) is 6.53. The van der Waals surface area contributed by atoms with E-state index in [1.165, 1.54) is 36.4 Å². The summed E-state index contributed by atoms with van der Waals surface area (Å²) in [7, 11) is 0. The standard InChI is InChI=1S/C16H15F2NO2/c17-13-3-1-12(2-4-13)11-19-16(20)9-10-21-15-7-5-14(18)6-8-15/h1-8H,9-11H2,(H,19,20). The fourth-order valence-corrected chi connectivity index (χ4v) is 1.68. The third-order valence-electron chi connectivity index (χ3n) is 2.81. The van der Waals surface area contributed by atoms with Crippen molar-refractivity contribution in [1.29, 1.82) is 0 Å². The van der Waals surface area contributed by atoms with Crippen LogP contribution in [0.2, 0.25) is 0 Å². The lowest BCUT2D eigenvalue weighted by Crippen LogP contribution is -2.24.